The second-order valence-electron chi connectivity index (χ2n) is 8.86. The molecular weight excluding hydrogens is 432 g/mol. The summed E-state index contributed by atoms with van der Waals surface area (Å²) < 4.78 is 0. The molecule has 0 saturated heterocycles. The van der Waals surface area contributed by atoms with Gasteiger partial charge in [0, 0.05) is 40.7 Å². The lowest BCUT2D eigenvalue weighted by Crippen LogP contribution is -2.14. The molecule has 0 saturated carbocycles. The summed E-state index contributed by atoms with van der Waals surface area (Å²) in [5.41, 5.74) is 5.90. The first-order valence-electron chi connectivity index (χ1n) is 10.7. The zero-order valence-corrected chi connectivity index (χ0v) is 19.6. The number of nitrogens with one attached hydrogen (secondary N) is 1. The number of rotatable bonds is 5. The molecule has 2 heterocycles. The summed E-state index contributed by atoms with van der Waals surface area (Å²) in [5, 5.41) is 3.55. The number of hydrogen-bond donors (Lipinski definition) is 1. The molecule has 2 aromatic carbocycles. The molecule has 33 heavy (non-hydrogen) atoms. The van der Waals surface area contributed by atoms with E-state index < -0.39 is 0 Å². The van der Waals surface area contributed by atoms with Crippen LogP contribution in [0.2, 0.25) is 5.02 Å². The molecule has 0 radical (unpaired) electrons. The van der Waals surface area contributed by atoms with Gasteiger partial charge in [-0.25, -0.2) is 9.97 Å². The molecule has 166 valence electrons. The fourth-order valence-electron chi connectivity index (χ4n) is 3.55. The Labute approximate surface area is 198 Å². The van der Waals surface area contributed by atoms with Gasteiger partial charge in [-0.2, -0.15) is 0 Å². The Hall–Kier alpha value is -3.57. The Kier molecular flexibility index (Phi) is 6.52. The van der Waals surface area contributed by atoms with Gasteiger partial charge in [-0.3, -0.25) is 9.78 Å². The summed E-state index contributed by atoms with van der Waals surface area (Å²) in [6, 6.07) is 18.9. The van der Waals surface area contributed by atoms with Crippen LogP contribution in [0.25, 0.3) is 11.3 Å². The summed E-state index contributed by atoms with van der Waals surface area (Å²) in [6.45, 7) is 6.48. The number of pyridine rings is 1. The minimum absolute atomic E-state index is 0.0593. The van der Waals surface area contributed by atoms with E-state index in [-0.39, 0.29) is 11.3 Å². The quantitative estimate of drug-likeness (QED) is 0.381. The normalized spacial score (nSPS) is 11.3. The molecule has 0 aliphatic carbocycles. The Bertz CT molecular complexity index is 1270. The summed E-state index contributed by atoms with van der Waals surface area (Å²) in [6.07, 6.45) is 5.43. The topological polar surface area (TPSA) is 67.8 Å². The predicted molar refractivity (Wildman–Crippen MR) is 133 cm³/mol. The van der Waals surface area contributed by atoms with Gasteiger partial charge >= 0.3 is 0 Å². The number of carbonyl (C=O) groups is 1. The lowest BCUT2D eigenvalue weighted by molar-refractivity contribution is 0.102. The van der Waals surface area contributed by atoms with Crippen molar-refractivity contribution in [3.63, 3.8) is 0 Å². The van der Waals surface area contributed by atoms with Gasteiger partial charge in [0.2, 0.25) is 0 Å². The first-order valence-corrected chi connectivity index (χ1v) is 11.1. The van der Waals surface area contributed by atoms with Crippen molar-refractivity contribution < 1.29 is 4.79 Å². The molecule has 5 nitrogen and oxygen atoms in total. The maximum Gasteiger partial charge on any atom is 0.255 e. The summed E-state index contributed by atoms with van der Waals surface area (Å²) in [5.74, 6) is -0.187. The van der Waals surface area contributed by atoms with E-state index in [4.69, 9.17) is 11.6 Å². The second-order valence-corrected chi connectivity index (χ2v) is 9.26. The zero-order chi connectivity index (χ0) is 23.4. The van der Waals surface area contributed by atoms with Gasteiger partial charge in [-0.1, -0.05) is 44.5 Å². The van der Waals surface area contributed by atoms with Crippen LogP contribution in [0.4, 0.5) is 5.69 Å². The van der Waals surface area contributed by atoms with Crippen molar-refractivity contribution in [3.05, 3.63) is 107 Å². The summed E-state index contributed by atoms with van der Waals surface area (Å²) in [7, 11) is 0. The van der Waals surface area contributed by atoms with Crippen LogP contribution in [0.3, 0.4) is 0 Å². The van der Waals surface area contributed by atoms with E-state index in [0.29, 0.717) is 17.0 Å². The molecule has 4 rings (SSSR count). The first kappa shape index (κ1) is 22.6. The van der Waals surface area contributed by atoms with E-state index in [9.17, 15) is 4.79 Å². The molecule has 0 unspecified atom stereocenters. The highest BCUT2D eigenvalue weighted by atomic mass is 35.5. The average molecular weight is 457 g/mol. The average Bonchev–Trinajstić information content (AvgIpc) is 2.81. The number of benzene rings is 2. The second kappa shape index (κ2) is 9.51. The van der Waals surface area contributed by atoms with Crippen molar-refractivity contribution in [1.82, 2.24) is 15.0 Å². The van der Waals surface area contributed by atoms with Gasteiger partial charge in [-0.05, 0) is 65.1 Å². The minimum Gasteiger partial charge on any atom is -0.322 e. The summed E-state index contributed by atoms with van der Waals surface area (Å²) >= 11 is 6.48. The molecule has 0 fully saturated rings. The molecular formula is C27H25ClN4O. The third kappa shape index (κ3) is 5.44. The van der Waals surface area contributed by atoms with Crippen LogP contribution in [0, 0.1) is 0 Å². The fourth-order valence-corrected chi connectivity index (χ4v) is 3.74. The Morgan fingerprint density at radius 2 is 1.76 bits per heavy atom. The van der Waals surface area contributed by atoms with Crippen molar-refractivity contribution in [2.24, 2.45) is 0 Å². The number of hydrogen-bond acceptors (Lipinski definition) is 4. The van der Waals surface area contributed by atoms with Crippen molar-refractivity contribution in [2.45, 2.75) is 32.6 Å². The maximum absolute atomic E-state index is 12.9. The van der Waals surface area contributed by atoms with Gasteiger partial charge in [0.15, 0.2) is 0 Å². The van der Waals surface area contributed by atoms with Gasteiger partial charge in [-0.15, -0.1) is 0 Å². The zero-order valence-electron chi connectivity index (χ0n) is 18.8. The van der Waals surface area contributed by atoms with Crippen LogP contribution >= 0.6 is 11.6 Å². The number of halogens is 1. The Balaban J connectivity index is 1.56. The number of amides is 1. The van der Waals surface area contributed by atoms with Crippen LogP contribution < -0.4 is 5.32 Å². The summed E-state index contributed by atoms with van der Waals surface area (Å²) in [4.78, 5) is 25.8. The third-order valence-corrected chi connectivity index (χ3v) is 5.79. The Morgan fingerprint density at radius 3 is 2.45 bits per heavy atom. The highest BCUT2D eigenvalue weighted by Crippen LogP contribution is 2.27. The highest BCUT2D eigenvalue weighted by Gasteiger charge is 2.15. The molecule has 0 aliphatic rings. The van der Waals surface area contributed by atoms with Crippen LogP contribution in [0.15, 0.2) is 79.4 Å². The van der Waals surface area contributed by atoms with Crippen molar-refractivity contribution in [2.75, 3.05) is 5.32 Å². The fraction of sp³-hybridized carbons (Fsp3) is 0.185. The first-order chi connectivity index (χ1) is 15.8. The number of anilines is 1. The molecule has 6 heteroatoms. The molecule has 0 spiro atoms. The minimum atomic E-state index is -0.187. The van der Waals surface area contributed by atoms with Gasteiger partial charge < -0.3 is 5.32 Å². The standard InChI is InChI=1S/C27H25ClN4O/c1-27(2,3)20-7-9-21(10-8-20)32-26(33)18-6-11-23(28)19(15-18)16-25-22(5-4-13-30-25)24-12-14-29-17-31-24/h4-15,17H,16H2,1-3H3,(H,32,33). The van der Waals surface area contributed by atoms with Crippen LogP contribution in [0.1, 0.15) is 48.0 Å². The number of nitrogens with zero attached hydrogens (tertiary/aromatic N) is 3. The molecule has 4 aromatic rings. The van der Waals surface area contributed by atoms with Crippen LogP contribution in [0.5, 0.6) is 0 Å². The van der Waals surface area contributed by atoms with E-state index >= 15 is 0 Å². The van der Waals surface area contributed by atoms with E-state index in [1.54, 1.807) is 24.5 Å². The molecule has 0 aliphatic heterocycles. The third-order valence-electron chi connectivity index (χ3n) is 5.42. The monoisotopic (exact) mass is 456 g/mol. The highest BCUT2D eigenvalue weighted by molar-refractivity contribution is 6.31. The van der Waals surface area contributed by atoms with E-state index in [2.05, 4.69) is 41.0 Å². The predicted octanol–water partition coefficient (Wildman–Crippen LogP) is 6.33. The van der Waals surface area contributed by atoms with Crippen molar-refractivity contribution in [3.8, 4) is 11.3 Å². The van der Waals surface area contributed by atoms with Crippen molar-refractivity contribution >= 4 is 23.2 Å². The van der Waals surface area contributed by atoms with E-state index in [1.165, 1.54) is 11.9 Å². The van der Waals surface area contributed by atoms with E-state index in [0.717, 1.165) is 28.2 Å². The maximum atomic E-state index is 12.9. The molecule has 1 amide bonds. The molecule has 0 bridgehead atoms. The lowest BCUT2D eigenvalue weighted by atomic mass is 9.87. The molecule has 0 atom stereocenters. The smallest absolute Gasteiger partial charge is 0.255 e. The van der Waals surface area contributed by atoms with Crippen molar-refractivity contribution in [1.29, 1.82) is 0 Å². The van der Waals surface area contributed by atoms with E-state index in [1.807, 2.05) is 48.5 Å². The van der Waals surface area contributed by atoms with Gasteiger partial charge in [0.05, 0.1) is 11.4 Å². The SMILES string of the molecule is CC(C)(C)c1ccc(NC(=O)c2ccc(Cl)c(Cc3ncccc3-c3ccncn3)c2)cc1. The van der Waals surface area contributed by atoms with Crippen LogP contribution in [-0.2, 0) is 11.8 Å². The Morgan fingerprint density at radius 1 is 0.970 bits per heavy atom. The number of aromatic nitrogens is 3. The molecule has 1 N–H and O–H groups in total. The largest absolute Gasteiger partial charge is 0.322 e. The lowest BCUT2D eigenvalue weighted by Gasteiger charge is -2.19. The van der Waals surface area contributed by atoms with Crippen LogP contribution in [-0.4, -0.2) is 20.9 Å². The molecule has 2 aromatic heterocycles. The van der Waals surface area contributed by atoms with Gasteiger partial charge in [0.1, 0.15) is 6.33 Å². The van der Waals surface area contributed by atoms with Gasteiger partial charge in [0.25, 0.3) is 5.91 Å². The number of carbonyl (C=O) groups excluding carboxylic acids is 1.